The topological polar surface area (TPSA) is 44.7 Å². The number of para-hydroxylation sites is 1. The largest absolute Gasteiger partial charge is 0.457 e. The Kier molecular flexibility index (Phi) is 7.72. The Morgan fingerprint density at radius 1 is 0.839 bits per heavy atom. The van der Waals surface area contributed by atoms with Crippen LogP contribution in [0.25, 0.3) is 0 Å². The summed E-state index contributed by atoms with van der Waals surface area (Å²) in [6, 6.07) is 29.3. The van der Waals surface area contributed by atoms with Gasteiger partial charge in [-0.25, -0.2) is 0 Å². The highest BCUT2D eigenvalue weighted by Gasteiger charge is 2.22. The number of piperidine rings is 1. The van der Waals surface area contributed by atoms with Gasteiger partial charge in [0.2, 0.25) is 0 Å². The number of rotatable bonds is 9. The van der Waals surface area contributed by atoms with Crippen LogP contribution in [0.1, 0.15) is 24.0 Å². The maximum atomic E-state index is 9.81. The predicted octanol–water partition coefficient (Wildman–Crippen LogP) is 4.64. The maximum absolute atomic E-state index is 9.81. The summed E-state index contributed by atoms with van der Waals surface area (Å²) in [5.74, 6) is 1.74. The molecule has 1 aliphatic rings. The summed E-state index contributed by atoms with van der Waals surface area (Å²) in [5, 5.41) is 13.5. The number of nitrogens with zero attached hydrogens (tertiary/aromatic N) is 1. The molecule has 2 N–H and O–H groups in total. The molecule has 31 heavy (non-hydrogen) atoms. The van der Waals surface area contributed by atoms with E-state index in [0.29, 0.717) is 6.04 Å². The molecule has 4 rings (SSSR count). The third kappa shape index (κ3) is 6.66. The zero-order chi connectivity index (χ0) is 21.3. The Balaban J connectivity index is 1.25. The number of hydrogen-bond acceptors (Lipinski definition) is 4. The highest BCUT2D eigenvalue weighted by Crippen LogP contribution is 2.23. The van der Waals surface area contributed by atoms with Crippen LogP contribution in [0.5, 0.6) is 11.5 Å². The highest BCUT2D eigenvalue weighted by molar-refractivity contribution is 5.33. The Hall–Kier alpha value is -2.66. The number of ether oxygens (including phenoxy) is 1. The summed E-state index contributed by atoms with van der Waals surface area (Å²) in [6.07, 6.45) is 3.07. The van der Waals surface area contributed by atoms with Crippen LogP contribution in [0.2, 0.25) is 0 Å². The van der Waals surface area contributed by atoms with Crippen LogP contribution in [-0.2, 0) is 13.0 Å². The van der Waals surface area contributed by atoms with Gasteiger partial charge in [-0.1, -0.05) is 60.7 Å². The molecule has 4 heteroatoms. The summed E-state index contributed by atoms with van der Waals surface area (Å²) in [7, 11) is 0. The molecule has 1 aliphatic heterocycles. The van der Waals surface area contributed by atoms with Crippen molar-refractivity contribution < 1.29 is 9.84 Å². The molecule has 1 atom stereocenters. The van der Waals surface area contributed by atoms with E-state index >= 15 is 0 Å². The quantitative estimate of drug-likeness (QED) is 0.534. The van der Waals surface area contributed by atoms with Gasteiger partial charge in [0.05, 0.1) is 6.61 Å². The molecule has 3 aromatic carbocycles. The van der Waals surface area contributed by atoms with Crippen LogP contribution in [0.4, 0.5) is 0 Å². The lowest BCUT2D eigenvalue weighted by atomic mass is 10.0. The lowest BCUT2D eigenvalue weighted by Gasteiger charge is -2.34. The molecule has 1 fully saturated rings. The summed E-state index contributed by atoms with van der Waals surface area (Å²) in [5.41, 5.74) is 2.54. The fourth-order valence-corrected chi connectivity index (χ4v) is 4.26. The second kappa shape index (κ2) is 11.1. The third-order valence-electron chi connectivity index (χ3n) is 5.89. The van der Waals surface area contributed by atoms with Crippen molar-refractivity contribution >= 4 is 0 Å². The van der Waals surface area contributed by atoms with Gasteiger partial charge in [0.25, 0.3) is 0 Å². The van der Waals surface area contributed by atoms with Crippen molar-refractivity contribution in [2.45, 2.75) is 37.9 Å². The van der Waals surface area contributed by atoms with E-state index in [1.54, 1.807) is 0 Å². The molecule has 162 valence electrons. The van der Waals surface area contributed by atoms with E-state index in [0.717, 1.165) is 50.4 Å². The molecular formula is C27H32N2O2. The Bertz CT molecular complexity index is 909. The van der Waals surface area contributed by atoms with Crippen molar-refractivity contribution in [1.29, 1.82) is 0 Å². The molecule has 4 nitrogen and oxygen atoms in total. The number of aliphatic hydroxyl groups is 1. The van der Waals surface area contributed by atoms with Crippen molar-refractivity contribution in [3.8, 4) is 11.5 Å². The highest BCUT2D eigenvalue weighted by atomic mass is 16.5. The summed E-state index contributed by atoms with van der Waals surface area (Å²) in [6.45, 7) is 3.23. The SMILES string of the molecule is OC[C@H](Cc1ccccc1)NC1CCN(Cc2cccc(Oc3ccccc3)c2)CC1. The Morgan fingerprint density at radius 3 is 2.19 bits per heavy atom. The molecule has 0 aromatic heterocycles. The first-order valence-electron chi connectivity index (χ1n) is 11.2. The van der Waals surface area contributed by atoms with E-state index in [-0.39, 0.29) is 12.6 Å². The van der Waals surface area contributed by atoms with Gasteiger partial charge in [-0.05, 0) is 67.7 Å². The van der Waals surface area contributed by atoms with Crippen LogP contribution >= 0.6 is 0 Å². The summed E-state index contributed by atoms with van der Waals surface area (Å²) < 4.78 is 5.98. The van der Waals surface area contributed by atoms with Crippen LogP contribution in [0, 0.1) is 0 Å². The third-order valence-corrected chi connectivity index (χ3v) is 5.89. The number of benzene rings is 3. The standard InChI is InChI=1S/C27H32N2O2/c30-21-25(18-22-8-3-1-4-9-22)28-24-14-16-29(17-15-24)20-23-10-7-13-27(19-23)31-26-11-5-2-6-12-26/h1-13,19,24-25,28,30H,14-18,20-21H2/t25-/m0/s1. The van der Waals surface area contributed by atoms with E-state index in [9.17, 15) is 5.11 Å². The molecule has 0 spiro atoms. The second-order valence-corrected chi connectivity index (χ2v) is 8.35. The van der Waals surface area contributed by atoms with E-state index in [1.807, 2.05) is 42.5 Å². The van der Waals surface area contributed by atoms with Gasteiger partial charge in [0.15, 0.2) is 0 Å². The first kappa shape index (κ1) is 21.6. The number of aliphatic hydroxyl groups excluding tert-OH is 1. The molecule has 1 heterocycles. The fraction of sp³-hybridized carbons (Fsp3) is 0.333. The van der Waals surface area contributed by atoms with Crippen molar-refractivity contribution in [2.24, 2.45) is 0 Å². The van der Waals surface area contributed by atoms with Crippen LogP contribution in [0.15, 0.2) is 84.9 Å². The van der Waals surface area contributed by atoms with Crippen molar-refractivity contribution in [1.82, 2.24) is 10.2 Å². The first-order valence-corrected chi connectivity index (χ1v) is 11.2. The number of likely N-dealkylation sites (tertiary alicyclic amines) is 1. The minimum absolute atomic E-state index is 0.116. The lowest BCUT2D eigenvalue weighted by Crippen LogP contribution is -2.47. The van der Waals surface area contributed by atoms with Crippen LogP contribution in [0.3, 0.4) is 0 Å². The van der Waals surface area contributed by atoms with Crippen LogP contribution < -0.4 is 10.1 Å². The number of hydrogen-bond donors (Lipinski definition) is 2. The van der Waals surface area contributed by atoms with Crippen molar-refractivity contribution in [3.63, 3.8) is 0 Å². The van der Waals surface area contributed by atoms with Crippen molar-refractivity contribution in [2.75, 3.05) is 19.7 Å². The van der Waals surface area contributed by atoms with Gasteiger partial charge in [0, 0.05) is 18.6 Å². The second-order valence-electron chi connectivity index (χ2n) is 8.35. The summed E-state index contributed by atoms with van der Waals surface area (Å²) >= 11 is 0. The molecule has 0 amide bonds. The monoisotopic (exact) mass is 416 g/mol. The van der Waals surface area contributed by atoms with Gasteiger partial charge in [-0.2, -0.15) is 0 Å². The maximum Gasteiger partial charge on any atom is 0.127 e. The first-order chi connectivity index (χ1) is 15.3. The zero-order valence-electron chi connectivity index (χ0n) is 18.0. The Labute approximate surface area is 185 Å². The smallest absolute Gasteiger partial charge is 0.127 e. The van der Waals surface area contributed by atoms with Crippen LogP contribution in [-0.4, -0.2) is 41.8 Å². The van der Waals surface area contributed by atoms with Gasteiger partial charge in [0.1, 0.15) is 11.5 Å². The van der Waals surface area contributed by atoms with E-state index < -0.39 is 0 Å². The molecule has 0 aliphatic carbocycles. The predicted molar refractivity (Wildman–Crippen MR) is 125 cm³/mol. The molecule has 0 radical (unpaired) electrons. The molecule has 3 aromatic rings. The molecule has 0 unspecified atom stereocenters. The van der Waals surface area contributed by atoms with E-state index in [1.165, 1.54) is 11.1 Å². The average Bonchev–Trinajstić information content (AvgIpc) is 2.81. The molecule has 0 saturated carbocycles. The average molecular weight is 417 g/mol. The molecular weight excluding hydrogens is 384 g/mol. The van der Waals surface area contributed by atoms with Crippen molar-refractivity contribution in [3.05, 3.63) is 96.1 Å². The minimum atomic E-state index is 0.116. The van der Waals surface area contributed by atoms with Gasteiger partial charge in [-0.15, -0.1) is 0 Å². The fourth-order valence-electron chi connectivity index (χ4n) is 4.26. The lowest BCUT2D eigenvalue weighted by molar-refractivity contribution is 0.166. The van der Waals surface area contributed by atoms with E-state index in [4.69, 9.17) is 4.74 Å². The normalized spacial score (nSPS) is 16.2. The van der Waals surface area contributed by atoms with Gasteiger partial charge in [-0.3, -0.25) is 4.90 Å². The summed E-state index contributed by atoms with van der Waals surface area (Å²) in [4.78, 5) is 2.50. The van der Waals surface area contributed by atoms with E-state index in [2.05, 4.69) is 52.7 Å². The number of nitrogens with one attached hydrogen (secondary N) is 1. The molecule has 0 bridgehead atoms. The molecule has 1 saturated heterocycles. The Morgan fingerprint density at radius 2 is 1.48 bits per heavy atom. The van der Waals surface area contributed by atoms with Gasteiger partial charge >= 0.3 is 0 Å². The van der Waals surface area contributed by atoms with Gasteiger partial charge < -0.3 is 15.2 Å². The zero-order valence-corrected chi connectivity index (χ0v) is 18.0. The minimum Gasteiger partial charge on any atom is -0.457 e.